The van der Waals surface area contributed by atoms with Gasteiger partial charge in [0.15, 0.2) is 0 Å². The van der Waals surface area contributed by atoms with E-state index in [1.165, 1.54) is 42.1 Å². The Hall–Kier alpha value is -2.60. The van der Waals surface area contributed by atoms with Crippen molar-refractivity contribution in [2.24, 2.45) is 5.14 Å². The van der Waals surface area contributed by atoms with Crippen LogP contribution in [0.25, 0.3) is 0 Å². The molecule has 1 aromatic carbocycles. The zero-order chi connectivity index (χ0) is 22.3. The third-order valence-electron chi connectivity index (χ3n) is 5.91. The summed E-state index contributed by atoms with van der Waals surface area (Å²) in [6, 6.07) is 6.06. The fourth-order valence-corrected chi connectivity index (χ4v) is 4.96. The normalized spacial score (nSPS) is 21.9. The van der Waals surface area contributed by atoms with Gasteiger partial charge in [-0.25, -0.2) is 23.5 Å². The van der Waals surface area contributed by atoms with Gasteiger partial charge in [-0.15, -0.1) is 0 Å². The summed E-state index contributed by atoms with van der Waals surface area (Å²) in [5.41, 5.74) is 2.95. The van der Waals surface area contributed by atoms with Gasteiger partial charge in [0.1, 0.15) is 6.10 Å². The van der Waals surface area contributed by atoms with Crippen molar-refractivity contribution in [2.45, 2.75) is 48.7 Å². The van der Waals surface area contributed by atoms with Crippen molar-refractivity contribution < 1.29 is 17.9 Å². The third kappa shape index (κ3) is 4.46. The van der Waals surface area contributed by atoms with Crippen LogP contribution >= 0.6 is 11.5 Å². The summed E-state index contributed by atoms with van der Waals surface area (Å²) in [6.45, 7) is 2.74. The molecule has 3 aromatic rings. The smallest absolute Gasteiger partial charge is 0.238 e. The number of ether oxygens (including phenoxy) is 2. The largest absolute Gasteiger partial charge is 0.471 e. The van der Waals surface area contributed by atoms with E-state index in [-0.39, 0.29) is 22.5 Å². The van der Waals surface area contributed by atoms with Gasteiger partial charge < -0.3 is 14.8 Å². The van der Waals surface area contributed by atoms with E-state index >= 15 is 0 Å². The number of benzene rings is 1. The molecule has 32 heavy (non-hydrogen) atoms. The van der Waals surface area contributed by atoms with E-state index in [0.29, 0.717) is 24.7 Å². The van der Waals surface area contributed by atoms with Gasteiger partial charge in [0, 0.05) is 41.0 Å². The summed E-state index contributed by atoms with van der Waals surface area (Å²) < 4.78 is 39.2. The lowest BCUT2D eigenvalue weighted by atomic mass is 10.0. The number of sulfonamides is 1. The first-order valence-electron chi connectivity index (χ1n) is 10.3. The molecule has 2 aromatic heterocycles. The third-order valence-corrected chi connectivity index (χ3v) is 7.45. The summed E-state index contributed by atoms with van der Waals surface area (Å²) in [7, 11) is -3.72. The van der Waals surface area contributed by atoms with Gasteiger partial charge >= 0.3 is 0 Å². The Morgan fingerprint density at radius 3 is 2.59 bits per heavy atom. The Morgan fingerprint density at radius 1 is 1.22 bits per heavy atom. The predicted molar refractivity (Wildman–Crippen MR) is 120 cm³/mol. The standard InChI is InChI=1S/C21H23N5O4S2/c1-21(6-7-21)17-12-31-26-19(17)30-15-8-18(29-11-15)13-9-23-20(24-10-13)25-14-2-4-16(5-3-14)32(22,27)28/h2-5,9-10,12,15,18H,6-8,11H2,1H3,(H2,22,27,28)(H,23,24,25). The molecule has 0 spiro atoms. The molecule has 9 nitrogen and oxygen atoms in total. The molecule has 0 radical (unpaired) electrons. The number of nitrogens with two attached hydrogens (primary N) is 1. The second-order valence-electron chi connectivity index (χ2n) is 8.43. The number of hydrogen-bond donors (Lipinski definition) is 2. The monoisotopic (exact) mass is 473 g/mol. The average Bonchev–Trinajstić information content (AvgIpc) is 3.16. The Bertz CT molecular complexity index is 1210. The number of primary sulfonamides is 1. The first kappa shape index (κ1) is 21.3. The first-order chi connectivity index (χ1) is 15.3. The van der Waals surface area contributed by atoms with E-state index < -0.39 is 10.0 Å². The van der Waals surface area contributed by atoms with Gasteiger partial charge in [0.2, 0.25) is 21.9 Å². The topological polar surface area (TPSA) is 129 Å². The Balaban J connectivity index is 1.19. The molecule has 0 bridgehead atoms. The molecule has 5 rings (SSSR count). The van der Waals surface area contributed by atoms with Crippen molar-refractivity contribution in [2.75, 3.05) is 11.9 Å². The molecule has 1 aliphatic carbocycles. The minimum atomic E-state index is -3.72. The van der Waals surface area contributed by atoms with Crippen molar-refractivity contribution >= 4 is 33.2 Å². The summed E-state index contributed by atoms with van der Waals surface area (Å²) in [6.07, 6.45) is 6.32. The average molecular weight is 474 g/mol. The fraction of sp³-hybridized carbons (Fsp3) is 0.381. The Morgan fingerprint density at radius 2 is 1.94 bits per heavy atom. The highest BCUT2D eigenvalue weighted by atomic mass is 32.2. The van der Waals surface area contributed by atoms with Crippen LogP contribution in [0.15, 0.2) is 46.9 Å². The van der Waals surface area contributed by atoms with Crippen molar-refractivity contribution in [3.05, 3.63) is 53.2 Å². The van der Waals surface area contributed by atoms with E-state index in [0.717, 1.165) is 11.4 Å². The number of nitrogens with zero attached hydrogens (tertiary/aromatic N) is 3. The van der Waals surface area contributed by atoms with Crippen molar-refractivity contribution in [1.82, 2.24) is 14.3 Å². The molecular formula is C21H23N5O4S2. The van der Waals surface area contributed by atoms with Crippen LogP contribution in [-0.4, -0.2) is 35.5 Å². The molecule has 2 unspecified atom stereocenters. The second-order valence-corrected chi connectivity index (χ2v) is 10.6. The molecule has 1 saturated carbocycles. The van der Waals surface area contributed by atoms with Gasteiger partial charge in [-0.2, -0.15) is 4.37 Å². The van der Waals surface area contributed by atoms with Gasteiger partial charge in [-0.1, -0.05) is 6.92 Å². The molecule has 3 N–H and O–H groups in total. The summed E-state index contributed by atoms with van der Waals surface area (Å²) >= 11 is 1.44. The molecule has 2 fully saturated rings. The number of anilines is 2. The maximum Gasteiger partial charge on any atom is 0.238 e. The van der Waals surface area contributed by atoms with Crippen molar-refractivity contribution in [3.8, 4) is 5.88 Å². The zero-order valence-corrected chi connectivity index (χ0v) is 19.0. The molecule has 1 aliphatic heterocycles. The molecular weight excluding hydrogens is 450 g/mol. The SMILES string of the molecule is CC1(c2csnc2OC2COC(c3cnc(Nc4ccc(S(N)(=O)=O)cc4)nc3)C2)CC1. The first-order valence-corrected chi connectivity index (χ1v) is 12.6. The van der Waals surface area contributed by atoms with Crippen LogP contribution in [0.2, 0.25) is 0 Å². The molecule has 3 heterocycles. The fourth-order valence-electron chi connectivity index (χ4n) is 3.67. The number of hydrogen-bond acceptors (Lipinski definition) is 9. The zero-order valence-electron chi connectivity index (χ0n) is 17.4. The molecule has 2 aliphatic rings. The van der Waals surface area contributed by atoms with Crippen LogP contribution in [0.4, 0.5) is 11.6 Å². The van der Waals surface area contributed by atoms with Crippen LogP contribution in [-0.2, 0) is 20.2 Å². The van der Waals surface area contributed by atoms with E-state index in [1.54, 1.807) is 24.5 Å². The molecule has 168 valence electrons. The van der Waals surface area contributed by atoms with E-state index in [2.05, 4.69) is 32.0 Å². The number of rotatable bonds is 7. The van der Waals surface area contributed by atoms with Gasteiger partial charge in [0.05, 0.1) is 17.6 Å². The summed E-state index contributed by atoms with van der Waals surface area (Å²) in [5.74, 6) is 1.14. The predicted octanol–water partition coefficient (Wildman–Crippen LogP) is 3.28. The van der Waals surface area contributed by atoms with Crippen molar-refractivity contribution in [1.29, 1.82) is 0 Å². The van der Waals surface area contributed by atoms with Gasteiger partial charge in [-0.05, 0) is 54.1 Å². The lowest BCUT2D eigenvalue weighted by molar-refractivity contribution is 0.0929. The highest BCUT2D eigenvalue weighted by molar-refractivity contribution is 7.89. The van der Waals surface area contributed by atoms with Crippen LogP contribution in [0.1, 0.15) is 43.4 Å². The van der Waals surface area contributed by atoms with Crippen LogP contribution in [0.5, 0.6) is 5.88 Å². The minimum Gasteiger partial charge on any atom is -0.471 e. The van der Waals surface area contributed by atoms with Crippen LogP contribution in [0, 0.1) is 0 Å². The van der Waals surface area contributed by atoms with Gasteiger partial charge in [-0.3, -0.25) is 0 Å². The van der Waals surface area contributed by atoms with E-state index in [1.807, 2.05) is 0 Å². The number of aromatic nitrogens is 3. The highest BCUT2D eigenvalue weighted by Crippen LogP contribution is 2.51. The maximum absolute atomic E-state index is 11.3. The highest BCUT2D eigenvalue weighted by Gasteiger charge is 2.43. The van der Waals surface area contributed by atoms with Crippen LogP contribution < -0.4 is 15.2 Å². The number of nitrogens with one attached hydrogen (secondary N) is 1. The minimum absolute atomic E-state index is 0.0467. The van der Waals surface area contributed by atoms with Gasteiger partial charge in [0.25, 0.3) is 0 Å². The molecule has 0 amide bonds. The Kier molecular flexibility index (Phi) is 5.36. The second kappa shape index (κ2) is 8.07. The van der Waals surface area contributed by atoms with Crippen molar-refractivity contribution in [3.63, 3.8) is 0 Å². The van der Waals surface area contributed by atoms with E-state index in [9.17, 15) is 8.42 Å². The van der Waals surface area contributed by atoms with Crippen LogP contribution in [0.3, 0.4) is 0 Å². The quantitative estimate of drug-likeness (QED) is 0.535. The Labute approximate surface area is 190 Å². The van der Waals surface area contributed by atoms with E-state index in [4.69, 9.17) is 14.6 Å². The molecule has 11 heteroatoms. The lowest BCUT2D eigenvalue weighted by Crippen LogP contribution is -2.17. The maximum atomic E-state index is 11.3. The summed E-state index contributed by atoms with van der Waals surface area (Å²) in [4.78, 5) is 8.74. The molecule has 2 atom stereocenters. The molecule has 1 saturated heterocycles. The lowest BCUT2D eigenvalue weighted by Gasteiger charge is -2.14. The summed E-state index contributed by atoms with van der Waals surface area (Å²) in [5, 5.41) is 10.2.